The molecule has 0 spiro atoms. The summed E-state index contributed by atoms with van der Waals surface area (Å²) in [6.07, 6.45) is 0. The van der Waals surface area contributed by atoms with Crippen LogP contribution < -0.4 is 4.90 Å². The number of aromatic nitrogens is 1. The number of hydrogen-bond donors (Lipinski definition) is 0. The van der Waals surface area contributed by atoms with E-state index in [1.165, 1.54) is 86.1 Å². The second-order valence-electron chi connectivity index (χ2n) is 15.7. The number of nitrogens with zero attached hydrogens (tertiary/aromatic N) is 2. The highest BCUT2D eigenvalue weighted by Gasteiger charge is 2.18. The molecule has 0 aliphatic rings. The zero-order valence-electron chi connectivity index (χ0n) is 33.2. The van der Waals surface area contributed by atoms with E-state index in [2.05, 4.69) is 240 Å². The number of thiophene rings is 1. The van der Waals surface area contributed by atoms with Crippen molar-refractivity contribution in [1.29, 1.82) is 0 Å². The predicted molar refractivity (Wildman–Crippen MR) is 262 cm³/mol. The highest BCUT2D eigenvalue weighted by atomic mass is 32.1. The van der Waals surface area contributed by atoms with Crippen LogP contribution in [0.3, 0.4) is 0 Å². The van der Waals surface area contributed by atoms with Gasteiger partial charge in [-0.2, -0.15) is 0 Å². The Morgan fingerprint density at radius 1 is 0.328 bits per heavy atom. The molecule has 0 radical (unpaired) electrons. The van der Waals surface area contributed by atoms with Gasteiger partial charge in [-0.15, -0.1) is 11.3 Å². The van der Waals surface area contributed by atoms with E-state index in [0.717, 1.165) is 22.7 Å². The van der Waals surface area contributed by atoms with E-state index >= 15 is 0 Å². The second kappa shape index (κ2) is 14.5. The zero-order chi connectivity index (χ0) is 40.3. The van der Waals surface area contributed by atoms with Gasteiger partial charge in [0.25, 0.3) is 0 Å². The fraction of sp³-hybridized carbons (Fsp3) is 0. The Hall–Kier alpha value is -7.72. The molecule has 61 heavy (non-hydrogen) atoms. The average Bonchev–Trinajstić information content (AvgIpc) is 3.88. The van der Waals surface area contributed by atoms with Gasteiger partial charge in [0.15, 0.2) is 0 Å². The summed E-state index contributed by atoms with van der Waals surface area (Å²) in [5.41, 5.74) is 14.1. The van der Waals surface area contributed by atoms with Crippen molar-refractivity contribution >= 4 is 81.1 Å². The molecule has 0 fully saturated rings. The van der Waals surface area contributed by atoms with E-state index in [1.807, 2.05) is 11.3 Å². The number of anilines is 3. The molecule has 2 aromatic heterocycles. The minimum absolute atomic E-state index is 1.09. The van der Waals surface area contributed by atoms with Gasteiger partial charge in [0.05, 0.1) is 11.0 Å². The average molecular weight is 795 g/mol. The second-order valence-corrected chi connectivity index (χ2v) is 16.8. The molecule has 12 aromatic rings. The van der Waals surface area contributed by atoms with E-state index < -0.39 is 0 Å². The summed E-state index contributed by atoms with van der Waals surface area (Å²) >= 11 is 1.88. The van der Waals surface area contributed by atoms with E-state index in [-0.39, 0.29) is 0 Å². The van der Waals surface area contributed by atoms with Crippen molar-refractivity contribution in [2.45, 2.75) is 0 Å². The van der Waals surface area contributed by atoms with Crippen LogP contribution in [0.1, 0.15) is 0 Å². The highest BCUT2D eigenvalue weighted by Crippen LogP contribution is 2.43. The predicted octanol–water partition coefficient (Wildman–Crippen LogP) is 16.8. The number of rotatable bonds is 7. The molecule has 0 unspecified atom stereocenters. The molecule has 0 saturated heterocycles. The summed E-state index contributed by atoms with van der Waals surface area (Å²) in [6.45, 7) is 0. The van der Waals surface area contributed by atoms with Crippen LogP contribution in [0.15, 0.2) is 231 Å². The molecule has 0 bridgehead atoms. The van der Waals surface area contributed by atoms with Crippen LogP contribution in [0.25, 0.3) is 91.8 Å². The Bertz CT molecular complexity index is 3520. The topological polar surface area (TPSA) is 8.17 Å². The molecule has 0 amide bonds. The maximum absolute atomic E-state index is 2.39. The molecule has 0 saturated carbocycles. The lowest BCUT2D eigenvalue weighted by molar-refractivity contribution is 1.17. The molecule has 2 nitrogen and oxygen atoms in total. The molecular weight excluding hydrogens is 757 g/mol. The Labute approximate surface area is 358 Å². The maximum Gasteiger partial charge on any atom is 0.0541 e. The highest BCUT2D eigenvalue weighted by molar-refractivity contribution is 7.26. The van der Waals surface area contributed by atoms with Crippen LogP contribution in [-0.4, -0.2) is 4.57 Å². The Balaban J connectivity index is 0.950. The van der Waals surface area contributed by atoms with Crippen LogP contribution >= 0.6 is 11.3 Å². The summed E-state index contributed by atoms with van der Waals surface area (Å²) in [7, 11) is 0. The molecule has 0 atom stereocenters. The van der Waals surface area contributed by atoms with E-state index in [9.17, 15) is 0 Å². The van der Waals surface area contributed by atoms with Gasteiger partial charge in [-0.05, 0) is 105 Å². The maximum atomic E-state index is 2.39. The molecule has 10 aromatic carbocycles. The summed E-state index contributed by atoms with van der Waals surface area (Å²) in [4.78, 5) is 2.38. The van der Waals surface area contributed by atoms with Crippen LogP contribution in [0.5, 0.6) is 0 Å². The molecule has 12 rings (SSSR count). The van der Waals surface area contributed by atoms with Crippen LogP contribution in [0, 0.1) is 0 Å². The molecule has 0 aliphatic heterocycles. The lowest BCUT2D eigenvalue weighted by Gasteiger charge is -2.26. The third-order valence-electron chi connectivity index (χ3n) is 12.2. The standard InChI is InChI=1S/C58H38N2S/c1-2-16-48-41(12-1)13-9-20-49(48)42-28-26-39(27-29-42)40-30-34-44(35-31-40)59(45-36-32-43(33-37-45)50-21-11-22-54-53-19-5-8-25-57(53)61-58(50)54)46-14-10-15-47(38-46)60-55-23-6-3-17-51(55)52-18-4-7-24-56(52)60/h1-38H. The SMILES string of the molecule is c1cc(N(c2ccc(-c3ccc(-c4cccc5ccccc45)cc3)cc2)c2ccc(-c3cccc4c3sc3ccccc34)cc2)cc(-n2c3ccccc3c3ccccc32)c1. The first-order valence-electron chi connectivity index (χ1n) is 20.8. The largest absolute Gasteiger partial charge is 0.310 e. The van der Waals surface area contributed by atoms with Crippen LogP contribution in [0.2, 0.25) is 0 Å². The first-order valence-corrected chi connectivity index (χ1v) is 21.6. The molecule has 2 heterocycles. The van der Waals surface area contributed by atoms with Crippen molar-refractivity contribution in [3.63, 3.8) is 0 Å². The molecule has 286 valence electrons. The monoisotopic (exact) mass is 794 g/mol. The van der Waals surface area contributed by atoms with Crippen molar-refractivity contribution in [2.24, 2.45) is 0 Å². The lowest BCUT2D eigenvalue weighted by atomic mass is 9.96. The smallest absolute Gasteiger partial charge is 0.0541 e. The lowest BCUT2D eigenvalue weighted by Crippen LogP contribution is -2.10. The van der Waals surface area contributed by atoms with Gasteiger partial charge in [0, 0.05) is 53.7 Å². The molecule has 0 aliphatic carbocycles. The van der Waals surface area contributed by atoms with Gasteiger partial charge < -0.3 is 9.47 Å². The quantitative estimate of drug-likeness (QED) is 0.156. The first kappa shape index (κ1) is 35.2. The molecule has 0 N–H and O–H groups in total. The summed E-state index contributed by atoms with van der Waals surface area (Å²) in [5.74, 6) is 0. The first-order chi connectivity index (χ1) is 30.2. The fourth-order valence-electron chi connectivity index (χ4n) is 9.31. The van der Waals surface area contributed by atoms with Crippen molar-refractivity contribution in [3.8, 4) is 39.1 Å². The van der Waals surface area contributed by atoms with Gasteiger partial charge in [-0.3, -0.25) is 0 Å². The summed E-state index contributed by atoms with van der Waals surface area (Å²) < 4.78 is 5.04. The van der Waals surface area contributed by atoms with Crippen molar-refractivity contribution in [2.75, 3.05) is 4.90 Å². The Morgan fingerprint density at radius 2 is 0.820 bits per heavy atom. The van der Waals surface area contributed by atoms with Crippen molar-refractivity contribution < 1.29 is 0 Å². The van der Waals surface area contributed by atoms with Crippen molar-refractivity contribution in [1.82, 2.24) is 4.57 Å². The fourth-order valence-corrected chi connectivity index (χ4v) is 10.5. The third kappa shape index (κ3) is 6.01. The number of para-hydroxylation sites is 2. The number of hydrogen-bond acceptors (Lipinski definition) is 2. The van der Waals surface area contributed by atoms with Crippen molar-refractivity contribution in [3.05, 3.63) is 231 Å². The summed E-state index contributed by atoms with van der Waals surface area (Å²) in [5, 5.41) is 7.67. The minimum Gasteiger partial charge on any atom is -0.310 e. The van der Waals surface area contributed by atoms with Crippen LogP contribution in [0.4, 0.5) is 17.1 Å². The molecule has 3 heteroatoms. The van der Waals surface area contributed by atoms with Gasteiger partial charge >= 0.3 is 0 Å². The molecular formula is C58H38N2S. The van der Waals surface area contributed by atoms with E-state index in [1.54, 1.807) is 0 Å². The van der Waals surface area contributed by atoms with E-state index in [0.29, 0.717) is 0 Å². The van der Waals surface area contributed by atoms with Gasteiger partial charge in [0.1, 0.15) is 0 Å². The summed E-state index contributed by atoms with van der Waals surface area (Å²) in [6, 6.07) is 84.1. The minimum atomic E-state index is 1.09. The van der Waals surface area contributed by atoms with Gasteiger partial charge in [-0.1, -0.05) is 170 Å². The zero-order valence-corrected chi connectivity index (χ0v) is 34.1. The van der Waals surface area contributed by atoms with Gasteiger partial charge in [0.2, 0.25) is 0 Å². The van der Waals surface area contributed by atoms with Crippen LogP contribution in [-0.2, 0) is 0 Å². The Kier molecular flexibility index (Phi) is 8.39. The normalized spacial score (nSPS) is 11.6. The van der Waals surface area contributed by atoms with Gasteiger partial charge in [-0.25, -0.2) is 0 Å². The third-order valence-corrected chi connectivity index (χ3v) is 13.4. The van der Waals surface area contributed by atoms with E-state index in [4.69, 9.17) is 0 Å². The number of fused-ring (bicyclic) bond motifs is 7. The number of benzene rings is 10. The Morgan fingerprint density at radius 3 is 1.54 bits per heavy atom.